The molecule has 152 valence electrons. The number of benzene rings is 1. The number of nitrogens with zero attached hydrogens (tertiary/aromatic N) is 2. The molecule has 6 nitrogen and oxygen atoms in total. The van der Waals surface area contributed by atoms with Crippen molar-refractivity contribution in [2.24, 2.45) is 4.99 Å². The van der Waals surface area contributed by atoms with E-state index in [0.29, 0.717) is 6.54 Å². The molecule has 0 spiro atoms. The van der Waals surface area contributed by atoms with Crippen LogP contribution < -0.4 is 10.6 Å². The predicted octanol–water partition coefficient (Wildman–Crippen LogP) is 2.18. The average Bonchev–Trinajstić information content (AvgIpc) is 2.68. The highest BCUT2D eigenvalue weighted by atomic mass is 19.1. The van der Waals surface area contributed by atoms with E-state index in [1.54, 1.807) is 7.05 Å². The minimum Gasteiger partial charge on any atom is -0.379 e. The number of nitrogens with one attached hydrogen (secondary N) is 2. The third kappa shape index (κ3) is 7.82. The number of hydrogen-bond acceptors (Lipinski definition) is 4. The number of ether oxygens (including phenoxy) is 2. The maximum absolute atomic E-state index is 13.3. The fourth-order valence-electron chi connectivity index (χ4n) is 3.04. The number of aliphatic imine (C=N–C) groups is 1. The van der Waals surface area contributed by atoms with Gasteiger partial charge in [-0.3, -0.25) is 9.89 Å². The lowest BCUT2D eigenvalue weighted by molar-refractivity contribution is 0.0170. The van der Waals surface area contributed by atoms with Gasteiger partial charge < -0.3 is 20.1 Å². The summed E-state index contributed by atoms with van der Waals surface area (Å²) in [5.74, 6) is 0.549. The van der Waals surface area contributed by atoms with Crippen molar-refractivity contribution in [2.45, 2.75) is 32.4 Å². The molecule has 1 heterocycles. The van der Waals surface area contributed by atoms with Crippen LogP contribution in [-0.2, 0) is 9.47 Å². The third-order valence-electron chi connectivity index (χ3n) is 4.49. The van der Waals surface area contributed by atoms with Crippen LogP contribution in [0.4, 0.5) is 4.39 Å². The predicted molar refractivity (Wildman–Crippen MR) is 107 cm³/mol. The normalized spacial score (nSPS) is 17.1. The lowest BCUT2D eigenvalue weighted by atomic mass is 10.0. The molecule has 0 radical (unpaired) electrons. The highest BCUT2D eigenvalue weighted by molar-refractivity contribution is 5.79. The molecular weight excluding hydrogens is 347 g/mol. The van der Waals surface area contributed by atoms with E-state index in [1.807, 2.05) is 26.0 Å². The monoisotopic (exact) mass is 380 g/mol. The molecule has 1 atom stereocenters. The van der Waals surface area contributed by atoms with Crippen LogP contribution in [0.15, 0.2) is 29.3 Å². The van der Waals surface area contributed by atoms with E-state index in [-0.39, 0.29) is 18.0 Å². The summed E-state index contributed by atoms with van der Waals surface area (Å²) in [6.45, 7) is 9.46. The van der Waals surface area contributed by atoms with E-state index < -0.39 is 0 Å². The van der Waals surface area contributed by atoms with Gasteiger partial charge in [0.25, 0.3) is 0 Å². The second-order valence-electron chi connectivity index (χ2n) is 6.87. The van der Waals surface area contributed by atoms with Gasteiger partial charge in [-0.15, -0.1) is 0 Å². The molecule has 2 rings (SSSR count). The second kappa shape index (κ2) is 11.9. The van der Waals surface area contributed by atoms with E-state index in [2.05, 4.69) is 20.5 Å². The molecule has 0 aliphatic carbocycles. The van der Waals surface area contributed by atoms with Gasteiger partial charge in [-0.25, -0.2) is 4.39 Å². The summed E-state index contributed by atoms with van der Waals surface area (Å²) in [6, 6.07) is 6.89. The average molecular weight is 381 g/mol. The third-order valence-corrected chi connectivity index (χ3v) is 4.49. The van der Waals surface area contributed by atoms with Crippen molar-refractivity contribution in [2.75, 3.05) is 53.0 Å². The SMILES string of the molecule is CN=C(NCCCOC(C)C)NCC(c1ccc(F)cc1)N1CCOCC1. The van der Waals surface area contributed by atoms with E-state index in [9.17, 15) is 4.39 Å². The molecule has 1 saturated heterocycles. The minimum atomic E-state index is -0.214. The first-order valence-electron chi connectivity index (χ1n) is 9.73. The molecule has 27 heavy (non-hydrogen) atoms. The molecule has 1 unspecified atom stereocenters. The fraction of sp³-hybridized carbons (Fsp3) is 0.650. The van der Waals surface area contributed by atoms with E-state index in [1.165, 1.54) is 12.1 Å². The van der Waals surface area contributed by atoms with E-state index in [4.69, 9.17) is 9.47 Å². The Morgan fingerprint density at radius 2 is 1.93 bits per heavy atom. The lowest BCUT2D eigenvalue weighted by Crippen LogP contribution is -2.46. The van der Waals surface area contributed by atoms with E-state index in [0.717, 1.165) is 57.4 Å². The molecule has 0 amide bonds. The van der Waals surface area contributed by atoms with Crippen LogP contribution in [0.25, 0.3) is 0 Å². The van der Waals surface area contributed by atoms with Gasteiger partial charge in [0.05, 0.1) is 25.4 Å². The molecule has 1 fully saturated rings. The van der Waals surface area contributed by atoms with Gasteiger partial charge >= 0.3 is 0 Å². The van der Waals surface area contributed by atoms with Crippen molar-refractivity contribution < 1.29 is 13.9 Å². The Hall–Kier alpha value is -1.70. The van der Waals surface area contributed by atoms with Crippen LogP contribution >= 0.6 is 0 Å². The molecule has 1 aliphatic heterocycles. The Bertz CT molecular complexity index is 560. The fourth-order valence-corrected chi connectivity index (χ4v) is 3.04. The summed E-state index contributed by atoms with van der Waals surface area (Å²) in [5.41, 5.74) is 1.09. The van der Waals surface area contributed by atoms with Crippen molar-refractivity contribution in [3.8, 4) is 0 Å². The molecule has 1 aliphatic rings. The van der Waals surface area contributed by atoms with Crippen molar-refractivity contribution in [1.82, 2.24) is 15.5 Å². The molecule has 1 aromatic rings. The van der Waals surface area contributed by atoms with Gasteiger partial charge in [0.2, 0.25) is 0 Å². The summed E-state index contributed by atoms with van der Waals surface area (Å²) in [7, 11) is 1.77. The highest BCUT2D eigenvalue weighted by Crippen LogP contribution is 2.21. The lowest BCUT2D eigenvalue weighted by Gasteiger charge is -2.35. The molecule has 1 aromatic carbocycles. The Morgan fingerprint density at radius 1 is 1.22 bits per heavy atom. The Morgan fingerprint density at radius 3 is 2.56 bits per heavy atom. The van der Waals surface area contributed by atoms with Crippen molar-refractivity contribution >= 4 is 5.96 Å². The molecular formula is C20H33FN4O2. The van der Waals surface area contributed by atoms with Crippen LogP contribution in [0.5, 0.6) is 0 Å². The topological polar surface area (TPSA) is 58.1 Å². The van der Waals surface area contributed by atoms with Crippen molar-refractivity contribution in [3.05, 3.63) is 35.6 Å². The molecule has 7 heteroatoms. The Labute approximate surface area is 162 Å². The number of hydrogen-bond donors (Lipinski definition) is 2. The van der Waals surface area contributed by atoms with Gasteiger partial charge in [-0.2, -0.15) is 0 Å². The van der Waals surface area contributed by atoms with Gasteiger partial charge in [-0.05, 0) is 38.0 Å². The van der Waals surface area contributed by atoms with Crippen molar-refractivity contribution in [3.63, 3.8) is 0 Å². The summed E-state index contributed by atoms with van der Waals surface area (Å²) in [6.07, 6.45) is 1.18. The zero-order valence-corrected chi connectivity index (χ0v) is 16.7. The zero-order valence-electron chi connectivity index (χ0n) is 16.7. The number of rotatable bonds is 9. The molecule has 0 saturated carbocycles. The summed E-state index contributed by atoms with van der Waals surface area (Å²) >= 11 is 0. The van der Waals surface area contributed by atoms with Crippen LogP contribution in [0.3, 0.4) is 0 Å². The van der Waals surface area contributed by atoms with Gasteiger partial charge in [0.1, 0.15) is 5.82 Å². The molecule has 0 bridgehead atoms. The molecule has 0 aromatic heterocycles. The van der Waals surface area contributed by atoms with Crippen LogP contribution in [0, 0.1) is 5.82 Å². The quantitative estimate of drug-likeness (QED) is 0.391. The second-order valence-corrected chi connectivity index (χ2v) is 6.87. The summed E-state index contributed by atoms with van der Waals surface area (Å²) in [5, 5.41) is 6.72. The maximum atomic E-state index is 13.3. The number of halogens is 1. The Kier molecular flexibility index (Phi) is 9.52. The van der Waals surface area contributed by atoms with Gasteiger partial charge in [-0.1, -0.05) is 12.1 Å². The smallest absolute Gasteiger partial charge is 0.191 e. The first-order chi connectivity index (χ1) is 13.1. The standard InChI is InChI=1S/C20H33FN4O2/c1-16(2)27-12-4-9-23-20(22-3)24-15-19(25-10-13-26-14-11-25)17-5-7-18(21)8-6-17/h5-8,16,19H,4,9-15H2,1-3H3,(H2,22,23,24). The van der Waals surface area contributed by atoms with Gasteiger partial charge in [0, 0.05) is 39.8 Å². The molecule has 2 N–H and O–H groups in total. The Balaban J connectivity index is 1.88. The number of morpholine rings is 1. The van der Waals surface area contributed by atoms with Crippen LogP contribution in [0.1, 0.15) is 31.9 Å². The largest absolute Gasteiger partial charge is 0.379 e. The minimum absolute atomic E-state index is 0.136. The zero-order chi connectivity index (χ0) is 19.5. The van der Waals surface area contributed by atoms with Gasteiger partial charge in [0.15, 0.2) is 5.96 Å². The van der Waals surface area contributed by atoms with Crippen LogP contribution in [-0.4, -0.2) is 70.0 Å². The first kappa shape index (κ1) is 21.6. The van der Waals surface area contributed by atoms with E-state index >= 15 is 0 Å². The summed E-state index contributed by atoms with van der Waals surface area (Å²) < 4.78 is 24.4. The number of guanidine groups is 1. The van der Waals surface area contributed by atoms with Crippen LogP contribution in [0.2, 0.25) is 0 Å². The van der Waals surface area contributed by atoms with Crippen molar-refractivity contribution in [1.29, 1.82) is 0 Å². The summed E-state index contributed by atoms with van der Waals surface area (Å²) in [4.78, 5) is 6.66. The maximum Gasteiger partial charge on any atom is 0.191 e. The highest BCUT2D eigenvalue weighted by Gasteiger charge is 2.23. The first-order valence-corrected chi connectivity index (χ1v) is 9.73.